The van der Waals surface area contributed by atoms with Gasteiger partial charge in [0.15, 0.2) is 5.82 Å². The number of methoxy groups -OCH3 is 2. The van der Waals surface area contributed by atoms with E-state index < -0.39 is 35.6 Å². The number of tetrazole rings is 1. The summed E-state index contributed by atoms with van der Waals surface area (Å²) in [5, 5.41) is 22.3. The van der Waals surface area contributed by atoms with Crippen LogP contribution in [0.5, 0.6) is 11.5 Å². The zero-order chi connectivity index (χ0) is 25.0. The van der Waals surface area contributed by atoms with E-state index in [-0.39, 0.29) is 12.5 Å². The molecular weight excluding hydrogens is 466 g/mol. The van der Waals surface area contributed by atoms with E-state index in [1.54, 1.807) is 54.1 Å². The molecule has 2 aromatic carbocycles. The van der Waals surface area contributed by atoms with Gasteiger partial charge in [-0.1, -0.05) is 24.3 Å². The summed E-state index contributed by atoms with van der Waals surface area (Å²) in [6.07, 6.45) is 2.97. The van der Waals surface area contributed by atoms with Crippen LogP contribution in [0.3, 0.4) is 0 Å². The first-order chi connectivity index (χ1) is 17.5. The molecule has 2 fully saturated rings. The van der Waals surface area contributed by atoms with E-state index in [9.17, 15) is 14.7 Å². The molecular formula is C25H23N5O6. The van der Waals surface area contributed by atoms with Crippen molar-refractivity contribution >= 4 is 11.9 Å². The first-order valence-corrected chi connectivity index (χ1v) is 11.4. The van der Waals surface area contributed by atoms with Gasteiger partial charge in [-0.25, -0.2) is 0 Å². The Morgan fingerprint density at radius 3 is 2.42 bits per heavy atom. The van der Waals surface area contributed by atoms with Crippen molar-refractivity contribution < 1.29 is 28.9 Å². The molecule has 36 heavy (non-hydrogen) atoms. The predicted octanol–water partition coefficient (Wildman–Crippen LogP) is 1.64. The molecule has 0 aliphatic carbocycles. The first-order valence-electron chi connectivity index (χ1n) is 11.4. The maximum Gasteiger partial charge on any atom is 0.310 e. The number of hydrogen-bond donors (Lipinski definition) is 1. The number of likely N-dealkylation sites (tertiary alicyclic amines) is 1. The lowest BCUT2D eigenvalue weighted by Gasteiger charge is -2.29. The Balaban J connectivity index is 1.46. The molecule has 5 atom stereocenters. The van der Waals surface area contributed by atoms with Gasteiger partial charge < -0.3 is 24.2 Å². The summed E-state index contributed by atoms with van der Waals surface area (Å²) >= 11 is 0. The van der Waals surface area contributed by atoms with Crippen molar-refractivity contribution in [2.24, 2.45) is 11.8 Å². The second-order valence-corrected chi connectivity index (χ2v) is 9.03. The van der Waals surface area contributed by atoms with Crippen LogP contribution in [-0.4, -0.2) is 74.6 Å². The third-order valence-corrected chi connectivity index (χ3v) is 7.21. The second-order valence-electron chi connectivity index (χ2n) is 9.03. The average Bonchev–Trinajstić information content (AvgIpc) is 3.67. The van der Waals surface area contributed by atoms with Crippen LogP contribution in [0.15, 0.2) is 60.7 Å². The van der Waals surface area contributed by atoms with Gasteiger partial charge >= 0.3 is 5.97 Å². The first kappa shape index (κ1) is 22.2. The van der Waals surface area contributed by atoms with Crippen LogP contribution in [0.4, 0.5) is 0 Å². The van der Waals surface area contributed by atoms with E-state index in [4.69, 9.17) is 14.2 Å². The Labute approximate surface area is 205 Å². The topological polar surface area (TPSA) is 129 Å². The lowest BCUT2D eigenvalue weighted by atomic mass is 9.77. The molecule has 2 bridgehead atoms. The molecule has 1 amide bonds. The molecule has 11 heteroatoms. The minimum Gasteiger partial charge on any atom is -0.497 e. The summed E-state index contributed by atoms with van der Waals surface area (Å²) in [5.74, 6) is -1.37. The van der Waals surface area contributed by atoms with Crippen molar-refractivity contribution in [3.8, 4) is 17.2 Å². The van der Waals surface area contributed by atoms with Crippen LogP contribution in [0.2, 0.25) is 0 Å². The number of benzene rings is 2. The van der Waals surface area contributed by atoms with Crippen molar-refractivity contribution in [3.05, 3.63) is 72.1 Å². The van der Waals surface area contributed by atoms with E-state index in [2.05, 4.69) is 15.5 Å². The molecule has 11 nitrogen and oxygen atoms in total. The number of aromatic nitrogens is 4. The van der Waals surface area contributed by atoms with Gasteiger partial charge in [-0.05, 0) is 52.4 Å². The van der Waals surface area contributed by atoms with Gasteiger partial charge in [-0.3, -0.25) is 9.59 Å². The summed E-state index contributed by atoms with van der Waals surface area (Å²) in [4.78, 5) is 27.6. The number of carboxylic acids is 1. The van der Waals surface area contributed by atoms with Crippen LogP contribution in [-0.2, 0) is 14.3 Å². The molecule has 5 unspecified atom stereocenters. The molecule has 2 saturated heterocycles. The zero-order valence-electron chi connectivity index (χ0n) is 19.5. The van der Waals surface area contributed by atoms with Crippen LogP contribution < -0.4 is 9.47 Å². The molecule has 3 aromatic rings. The maximum atomic E-state index is 13.9. The van der Waals surface area contributed by atoms with E-state index in [1.165, 1.54) is 0 Å². The highest BCUT2D eigenvalue weighted by molar-refractivity contribution is 5.91. The molecule has 4 heterocycles. The molecule has 6 rings (SSSR count). The summed E-state index contributed by atoms with van der Waals surface area (Å²) in [7, 11) is 3.16. The van der Waals surface area contributed by atoms with Crippen LogP contribution in [0, 0.1) is 11.8 Å². The normalized spacial score (nSPS) is 26.8. The summed E-state index contributed by atoms with van der Waals surface area (Å²) in [5.41, 5.74) is 0.434. The van der Waals surface area contributed by atoms with Gasteiger partial charge in [-0.15, -0.1) is 5.10 Å². The van der Waals surface area contributed by atoms with E-state index >= 15 is 0 Å². The van der Waals surface area contributed by atoms with Gasteiger partial charge in [0.25, 0.3) is 0 Å². The number of aliphatic carboxylic acids is 1. The number of rotatable bonds is 7. The number of carbonyl (C=O) groups excluding carboxylic acids is 1. The van der Waals surface area contributed by atoms with Gasteiger partial charge in [0.2, 0.25) is 5.91 Å². The number of carbonyl (C=O) groups is 2. The molecule has 0 saturated carbocycles. The number of carboxylic acid groups (broad SMARTS) is 1. The van der Waals surface area contributed by atoms with Gasteiger partial charge in [-0.2, -0.15) is 4.68 Å². The van der Waals surface area contributed by atoms with Crippen LogP contribution >= 0.6 is 0 Å². The van der Waals surface area contributed by atoms with Gasteiger partial charge in [0, 0.05) is 0 Å². The van der Waals surface area contributed by atoms with Crippen molar-refractivity contribution in [2.75, 3.05) is 20.8 Å². The Hall–Kier alpha value is -4.25. The molecule has 3 aliphatic rings. The van der Waals surface area contributed by atoms with E-state index in [0.717, 1.165) is 5.56 Å². The fourth-order valence-corrected chi connectivity index (χ4v) is 5.56. The molecule has 0 radical (unpaired) electrons. The highest BCUT2D eigenvalue weighted by Crippen LogP contribution is 2.53. The highest BCUT2D eigenvalue weighted by Gasteiger charge is 2.68. The van der Waals surface area contributed by atoms with Crippen molar-refractivity contribution in [2.45, 2.75) is 17.7 Å². The average molecular weight is 489 g/mol. The summed E-state index contributed by atoms with van der Waals surface area (Å²) in [6, 6.07) is 13.8. The number of nitrogens with zero attached hydrogens (tertiary/aromatic N) is 5. The predicted molar refractivity (Wildman–Crippen MR) is 124 cm³/mol. The van der Waals surface area contributed by atoms with Crippen molar-refractivity contribution in [1.82, 2.24) is 25.1 Å². The standard InChI is InChI=1S/C25H23N5O6/c1-34-16-7-3-14(4-8-16)21(22-26-27-28-30(22)15-5-9-17(35-2)10-6-15)29-13-25-12-11-18(36-25)19(24(32)33)20(25)23(29)31/h3-12,18-21H,13H2,1-2H3,(H,32,33). The number of fused-ring (bicyclic) bond motifs is 1. The lowest BCUT2D eigenvalue weighted by Crippen LogP contribution is -2.39. The third kappa shape index (κ3) is 3.19. The minimum atomic E-state index is -1.05. The Bertz CT molecular complexity index is 1350. The summed E-state index contributed by atoms with van der Waals surface area (Å²) < 4.78 is 18.2. The van der Waals surface area contributed by atoms with Crippen LogP contribution in [0.1, 0.15) is 17.4 Å². The molecule has 1 N–H and O–H groups in total. The lowest BCUT2D eigenvalue weighted by molar-refractivity contribution is -0.148. The molecule has 3 aliphatic heterocycles. The Kier molecular flexibility index (Phi) is 5.04. The van der Waals surface area contributed by atoms with Gasteiger partial charge in [0.1, 0.15) is 29.1 Å². The summed E-state index contributed by atoms with van der Waals surface area (Å²) in [6.45, 7) is 0.180. The third-order valence-electron chi connectivity index (χ3n) is 7.21. The number of hydrogen-bond acceptors (Lipinski definition) is 8. The van der Waals surface area contributed by atoms with Gasteiger partial charge in [0.05, 0.1) is 38.5 Å². The second kappa shape index (κ2) is 8.16. The number of ether oxygens (including phenoxy) is 3. The Morgan fingerprint density at radius 1 is 1.11 bits per heavy atom. The zero-order valence-corrected chi connectivity index (χ0v) is 19.5. The molecule has 1 spiro atoms. The molecule has 184 valence electrons. The Morgan fingerprint density at radius 2 is 1.78 bits per heavy atom. The largest absolute Gasteiger partial charge is 0.497 e. The molecule has 1 aromatic heterocycles. The maximum absolute atomic E-state index is 13.9. The quantitative estimate of drug-likeness (QED) is 0.492. The van der Waals surface area contributed by atoms with Crippen LogP contribution in [0.25, 0.3) is 5.69 Å². The highest BCUT2D eigenvalue weighted by atomic mass is 16.5. The SMILES string of the molecule is COc1ccc(C(c2nnnn2-c2ccc(OC)cc2)N2CC34C=CC(O3)C(C(=O)O)C4C2=O)cc1. The fraction of sp³-hybridized carbons (Fsp3) is 0.320. The number of amides is 1. The van der Waals surface area contributed by atoms with E-state index in [0.29, 0.717) is 23.0 Å². The monoisotopic (exact) mass is 489 g/mol. The minimum absolute atomic E-state index is 0.180. The van der Waals surface area contributed by atoms with Crippen molar-refractivity contribution in [3.63, 3.8) is 0 Å². The van der Waals surface area contributed by atoms with Crippen molar-refractivity contribution in [1.29, 1.82) is 0 Å². The fourth-order valence-electron chi connectivity index (χ4n) is 5.56. The smallest absolute Gasteiger partial charge is 0.310 e. The van der Waals surface area contributed by atoms with E-state index in [1.807, 2.05) is 30.3 Å².